The lowest BCUT2D eigenvalue weighted by Crippen LogP contribution is -2.28. The molecule has 0 saturated carbocycles. The third-order valence-corrected chi connectivity index (χ3v) is 6.64. The Hall–Kier alpha value is -2.84. The minimum absolute atomic E-state index is 0.135. The number of thiophene rings is 1. The SMILES string of the molecule is Cc1nc(-c2cccs2)sc1C(=O)Nc1ccc(CN2C(=O)CCC2=O)cc1. The number of benzene rings is 1. The topological polar surface area (TPSA) is 79.4 Å². The first-order chi connectivity index (χ1) is 13.5. The highest BCUT2D eigenvalue weighted by atomic mass is 32.1. The molecule has 142 valence electrons. The molecular formula is C20H17N3O3S2. The minimum atomic E-state index is -0.199. The number of nitrogens with one attached hydrogen (secondary N) is 1. The van der Waals surface area contributed by atoms with Gasteiger partial charge >= 0.3 is 0 Å². The summed E-state index contributed by atoms with van der Waals surface area (Å²) >= 11 is 2.97. The number of aryl methyl sites for hydroxylation is 1. The van der Waals surface area contributed by atoms with Crippen LogP contribution in [0.25, 0.3) is 9.88 Å². The number of aromatic nitrogens is 1. The first-order valence-corrected chi connectivity index (χ1v) is 10.5. The predicted octanol–water partition coefficient (Wildman–Crippen LogP) is 4.08. The molecule has 2 aromatic heterocycles. The molecule has 1 saturated heterocycles. The normalized spacial score (nSPS) is 14.0. The second-order valence-corrected chi connectivity index (χ2v) is 8.38. The molecule has 0 spiro atoms. The molecule has 3 amide bonds. The number of likely N-dealkylation sites (tertiary alicyclic amines) is 1. The van der Waals surface area contributed by atoms with E-state index in [0.29, 0.717) is 16.3 Å². The monoisotopic (exact) mass is 411 g/mol. The Balaban J connectivity index is 1.44. The maximum Gasteiger partial charge on any atom is 0.267 e. The molecule has 0 aliphatic carbocycles. The summed E-state index contributed by atoms with van der Waals surface area (Å²) in [5.41, 5.74) is 2.20. The molecule has 6 nitrogen and oxygen atoms in total. The maximum atomic E-state index is 12.6. The van der Waals surface area contributed by atoms with E-state index in [-0.39, 0.29) is 37.1 Å². The van der Waals surface area contributed by atoms with Gasteiger partial charge in [0.15, 0.2) is 0 Å². The van der Waals surface area contributed by atoms with Gasteiger partial charge in [-0.25, -0.2) is 4.98 Å². The van der Waals surface area contributed by atoms with Gasteiger partial charge in [-0.2, -0.15) is 0 Å². The molecule has 3 aromatic rings. The third-order valence-electron chi connectivity index (χ3n) is 4.44. The summed E-state index contributed by atoms with van der Waals surface area (Å²) < 4.78 is 0. The van der Waals surface area contributed by atoms with Crippen molar-refractivity contribution >= 4 is 46.1 Å². The Kier molecular flexibility index (Phi) is 5.06. The number of carbonyl (C=O) groups excluding carboxylic acids is 3. The Labute approximate surface area is 169 Å². The van der Waals surface area contributed by atoms with Crippen molar-refractivity contribution < 1.29 is 14.4 Å². The molecule has 1 aliphatic heterocycles. The summed E-state index contributed by atoms with van der Waals surface area (Å²) in [7, 11) is 0. The molecule has 1 aliphatic rings. The van der Waals surface area contributed by atoms with Crippen molar-refractivity contribution in [2.75, 3.05) is 5.32 Å². The lowest BCUT2D eigenvalue weighted by atomic mass is 10.2. The van der Waals surface area contributed by atoms with Crippen LogP contribution in [-0.4, -0.2) is 27.6 Å². The van der Waals surface area contributed by atoms with Crippen LogP contribution in [0.4, 0.5) is 5.69 Å². The predicted molar refractivity (Wildman–Crippen MR) is 109 cm³/mol. The fraction of sp³-hybridized carbons (Fsp3) is 0.200. The lowest BCUT2D eigenvalue weighted by molar-refractivity contribution is -0.139. The van der Waals surface area contributed by atoms with Gasteiger partial charge in [-0.3, -0.25) is 19.3 Å². The van der Waals surface area contributed by atoms with Gasteiger partial charge < -0.3 is 5.32 Å². The van der Waals surface area contributed by atoms with E-state index in [9.17, 15) is 14.4 Å². The van der Waals surface area contributed by atoms with E-state index >= 15 is 0 Å². The van der Waals surface area contributed by atoms with Gasteiger partial charge in [0, 0.05) is 18.5 Å². The first kappa shape index (κ1) is 18.5. The summed E-state index contributed by atoms with van der Waals surface area (Å²) in [4.78, 5) is 43.5. The van der Waals surface area contributed by atoms with Gasteiger partial charge in [-0.1, -0.05) is 18.2 Å². The molecule has 28 heavy (non-hydrogen) atoms. The number of carbonyl (C=O) groups is 3. The van der Waals surface area contributed by atoms with Crippen LogP contribution in [0.2, 0.25) is 0 Å². The number of nitrogens with zero attached hydrogens (tertiary/aromatic N) is 2. The molecule has 1 fully saturated rings. The van der Waals surface area contributed by atoms with Crippen molar-refractivity contribution in [1.82, 2.24) is 9.88 Å². The van der Waals surface area contributed by atoms with Crippen molar-refractivity contribution in [3.05, 3.63) is 57.9 Å². The van der Waals surface area contributed by atoms with Crippen molar-refractivity contribution in [2.24, 2.45) is 0 Å². The van der Waals surface area contributed by atoms with Crippen LogP contribution < -0.4 is 5.32 Å². The highest BCUT2D eigenvalue weighted by molar-refractivity contribution is 7.22. The fourth-order valence-electron chi connectivity index (χ4n) is 2.98. The van der Waals surface area contributed by atoms with E-state index in [1.165, 1.54) is 16.2 Å². The molecule has 0 atom stereocenters. The van der Waals surface area contributed by atoms with Crippen molar-refractivity contribution in [3.63, 3.8) is 0 Å². The largest absolute Gasteiger partial charge is 0.321 e. The average molecular weight is 412 g/mol. The summed E-state index contributed by atoms with van der Waals surface area (Å²) in [6.07, 6.45) is 0.573. The standard InChI is InChI=1S/C20H17N3O3S2/c1-12-18(28-20(21-12)15-3-2-10-27-15)19(26)22-14-6-4-13(5-7-14)11-23-16(24)8-9-17(23)25/h2-7,10H,8-9,11H2,1H3,(H,22,26). The Bertz CT molecular complexity index is 1020. The second kappa shape index (κ2) is 7.65. The zero-order valence-electron chi connectivity index (χ0n) is 15.1. The van der Waals surface area contributed by atoms with E-state index in [4.69, 9.17) is 0 Å². The average Bonchev–Trinajstić information content (AvgIpc) is 3.40. The minimum Gasteiger partial charge on any atom is -0.321 e. The van der Waals surface area contributed by atoms with Crippen molar-refractivity contribution in [2.45, 2.75) is 26.3 Å². The number of hydrogen-bond acceptors (Lipinski definition) is 6. The second-order valence-electron chi connectivity index (χ2n) is 6.44. The Morgan fingerprint density at radius 2 is 1.86 bits per heavy atom. The number of hydrogen-bond donors (Lipinski definition) is 1. The first-order valence-electron chi connectivity index (χ1n) is 8.76. The highest BCUT2D eigenvalue weighted by Crippen LogP contribution is 2.31. The summed E-state index contributed by atoms with van der Waals surface area (Å²) in [6.45, 7) is 2.10. The Morgan fingerprint density at radius 3 is 2.50 bits per heavy atom. The molecule has 0 bridgehead atoms. The molecule has 1 N–H and O–H groups in total. The number of imide groups is 1. The smallest absolute Gasteiger partial charge is 0.267 e. The molecule has 0 radical (unpaired) electrons. The summed E-state index contributed by atoms with van der Waals surface area (Å²) in [6, 6.07) is 11.1. The quantitative estimate of drug-likeness (QED) is 0.642. The van der Waals surface area contributed by atoms with E-state index in [2.05, 4.69) is 10.3 Å². The van der Waals surface area contributed by atoms with Crippen LogP contribution in [-0.2, 0) is 16.1 Å². The van der Waals surface area contributed by atoms with E-state index < -0.39 is 0 Å². The van der Waals surface area contributed by atoms with Gasteiger partial charge in [-0.05, 0) is 36.1 Å². The molecule has 4 rings (SSSR count). The van der Waals surface area contributed by atoms with Gasteiger partial charge in [0.1, 0.15) is 9.88 Å². The van der Waals surface area contributed by atoms with Crippen molar-refractivity contribution in [1.29, 1.82) is 0 Å². The van der Waals surface area contributed by atoms with Crippen LogP contribution in [0.3, 0.4) is 0 Å². The zero-order valence-corrected chi connectivity index (χ0v) is 16.7. The maximum absolute atomic E-state index is 12.6. The molecule has 0 unspecified atom stereocenters. The van der Waals surface area contributed by atoms with Crippen LogP contribution >= 0.6 is 22.7 Å². The number of amides is 3. The van der Waals surface area contributed by atoms with Gasteiger partial charge in [-0.15, -0.1) is 22.7 Å². The van der Waals surface area contributed by atoms with Crippen LogP contribution in [0.5, 0.6) is 0 Å². The molecule has 8 heteroatoms. The van der Waals surface area contributed by atoms with E-state index in [0.717, 1.165) is 15.4 Å². The molecule has 1 aromatic carbocycles. The Morgan fingerprint density at radius 1 is 1.14 bits per heavy atom. The highest BCUT2D eigenvalue weighted by Gasteiger charge is 2.28. The number of rotatable bonds is 5. The van der Waals surface area contributed by atoms with Gasteiger partial charge in [0.25, 0.3) is 5.91 Å². The molecular weight excluding hydrogens is 394 g/mol. The van der Waals surface area contributed by atoms with Crippen LogP contribution in [0, 0.1) is 6.92 Å². The van der Waals surface area contributed by atoms with Crippen molar-refractivity contribution in [3.8, 4) is 9.88 Å². The van der Waals surface area contributed by atoms with Crippen LogP contribution in [0.1, 0.15) is 33.8 Å². The van der Waals surface area contributed by atoms with Crippen LogP contribution in [0.15, 0.2) is 41.8 Å². The lowest BCUT2D eigenvalue weighted by Gasteiger charge is -2.14. The number of anilines is 1. The number of thiazole rings is 1. The summed E-state index contributed by atoms with van der Waals surface area (Å²) in [5, 5.41) is 5.71. The molecule has 3 heterocycles. The van der Waals surface area contributed by atoms with E-state index in [1.54, 1.807) is 23.5 Å². The fourth-order valence-corrected chi connectivity index (χ4v) is 4.73. The van der Waals surface area contributed by atoms with Gasteiger partial charge in [0.2, 0.25) is 11.8 Å². The summed E-state index contributed by atoms with van der Waals surface area (Å²) in [5.74, 6) is -0.468. The van der Waals surface area contributed by atoms with Gasteiger partial charge in [0.05, 0.1) is 17.1 Å². The third kappa shape index (κ3) is 3.74. The van der Waals surface area contributed by atoms with E-state index in [1.807, 2.05) is 36.6 Å². The zero-order chi connectivity index (χ0) is 19.7.